The van der Waals surface area contributed by atoms with Crippen molar-refractivity contribution in [2.24, 2.45) is 0 Å². The van der Waals surface area contributed by atoms with Gasteiger partial charge in [0.25, 0.3) is 0 Å². The van der Waals surface area contributed by atoms with E-state index in [1.807, 2.05) is 33.9 Å². The molecule has 3 aromatic rings. The summed E-state index contributed by atoms with van der Waals surface area (Å²) in [6, 6.07) is 15.3. The van der Waals surface area contributed by atoms with E-state index in [1.54, 1.807) is 4.68 Å². The van der Waals surface area contributed by atoms with Gasteiger partial charge in [-0.05, 0) is 66.8 Å². The van der Waals surface area contributed by atoms with Gasteiger partial charge in [0.15, 0.2) is 5.78 Å². The Labute approximate surface area is 210 Å². The Balaban J connectivity index is 0.000000815. The zero-order valence-corrected chi connectivity index (χ0v) is 21.9. The Morgan fingerprint density at radius 3 is 2.17 bits per heavy atom. The number of carbonyl (C=O) groups is 1. The van der Waals surface area contributed by atoms with Crippen LogP contribution in [-0.2, 0) is 43.6 Å². The minimum absolute atomic E-state index is 0.0935. The number of aromatic nitrogens is 3. The number of ketones is 1. The maximum absolute atomic E-state index is 13.2. The van der Waals surface area contributed by atoms with Gasteiger partial charge in [-0.15, -0.1) is 5.10 Å². The van der Waals surface area contributed by atoms with Crippen LogP contribution < -0.4 is 0 Å². The highest BCUT2D eigenvalue weighted by Crippen LogP contribution is 2.22. The molecule has 188 valence electrons. The first-order valence-corrected chi connectivity index (χ1v) is 13.5. The van der Waals surface area contributed by atoms with Crippen LogP contribution in [0.1, 0.15) is 91.7 Å². The molecular weight excluding hydrogens is 434 g/mol. The molecule has 5 aliphatic rings. The first kappa shape index (κ1) is 26.8. The van der Waals surface area contributed by atoms with Crippen molar-refractivity contribution >= 4 is 5.78 Å². The summed E-state index contributed by atoms with van der Waals surface area (Å²) in [6.07, 6.45) is 10.7. The van der Waals surface area contributed by atoms with Gasteiger partial charge in [0, 0.05) is 5.56 Å². The van der Waals surface area contributed by atoms with Crippen molar-refractivity contribution in [3.8, 4) is 0 Å². The second-order valence-electron chi connectivity index (χ2n) is 8.86. The lowest BCUT2D eigenvalue weighted by Crippen LogP contribution is -2.14. The summed E-state index contributed by atoms with van der Waals surface area (Å²) >= 11 is 0. The normalized spacial score (nSPS) is 14.9. The van der Waals surface area contributed by atoms with E-state index < -0.39 is 0 Å². The summed E-state index contributed by atoms with van der Waals surface area (Å²) < 4.78 is 7.57. The van der Waals surface area contributed by atoms with Gasteiger partial charge >= 0.3 is 0 Å². The van der Waals surface area contributed by atoms with Crippen molar-refractivity contribution in [3.63, 3.8) is 0 Å². The molecule has 0 radical (unpaired) electrons. The largest absolute Gasteiger partial charge is 0.372 e. The van der Waals surface area contributed by atoms with Gasteiger partial charge in [0.2, 0.25) is 0 Å². The Bertz CT molecular complexity index is 1050. The smallest absolute Gasteiger partial charge is 0.184 e. The molecule has 5 heteroatoms. The number of ether oxygens (including phenoxy) is 1. The minimum Gasteiger partial charge on any atom is -0.372 e. The van der Waals surface area contributed by atoms with E-state index in [2.05, 4.69) is 52.8 Å². The van der Waals surface area contributed by atoms with Crippen LogP contribution in [0.5, 0.6) is 0 Å². The topological polar surface area (TPSA) is 57.0 Å². The van der Waals surface area contributed by atoms with Gasteiger partial charge in [-0.1, -0.05) is 82.1 Å². The number of hydrogen-bond donors (Lipinski definition) is 0. The minimum atomic E-state index is 0.0935. The lowest BCUT2D eigenvalue weighted by molar-refractivity contribution is 0.0437. The molecule has 0 unspecified atom stereocenters. The van der Waals surface area contributed by atoms with Crippen molar-refractivity contribution in [1.82, 2.24) is 15.0 Å². The number of benzene rings is 2. The lowest BCUT2D eigenvalue weighted by Gasteiger charge is -2.14. The summed E-state index contributed by atoms with van der Waals surface area (Å²) in [5.41, 5.74) is 6.60. The van der Waals surface area contributed by atoms with Crippen LogP contribution in [0.3, 0.4) is 0 Å². The van der Waals surface area contributed by atoms with Crippen molar-refractivity contribution in [2.45, 2.75) is 98.3 Å². The van der Waals surface area contributed by atoms with Crippen LogP contribution >= 0.6 is 0 Å². The molecule has 5 nitrogen and oxygen atoms in total. The SMILES string of the molecule is CC.CC.O=C(Cn1cc(COC2CCCC2)nn1)c1cc2ccc1CCc1ccc(cc1)CC2. The van der Waals surface area contributed by atoms with Crippen LogP contribution in [0.25, 0.3) is 0 Å². The van der Waals surface area contributed by atoms with Crippen molar-refractivity contribution < 1.29 is 9.53 Å². The summed E-state index contributed by atoms with van der Waals surface area (Å²) in [4.78, 5) is 13.2. The zero-order chi connectivity index (χ0) is 25.0. The maximum Gasteiger partial charge on any atom is 0.184 e. The van der Waals surface area contributed by atoms with Gasteiger partial charge < -0.3 is 4.74 Å². The molecule has 1 fully saturated rings. The van der Waals surface area contributed by atoms with Gasteiger partial charge in [0.05, 0.1) is 18.9 Å². The third-order valence-electron chi connectivity index (χ3n) is 6.54. The molecule has 8 rings (SSSR count). The van der Waals surface area contributed by atoms with Crippen LogP contribution in [0.2, 0.25) is 0 Å². The average molecular weight is 476 g/mol. The highest BCUT2D eigenvalue weighted by Gasteiger charge is 2.18. The Morgan fingerprint density at radius 1 is 0.886 bits per heavy atom. The molecule has 1 aromatic heterocycles. The van der Waals surface area contributed by atoms with Crippen LogP contribution in [0.4, 0.5) is 0 Å². The van der Waals surface area contributed by atoms with Crippen molar-refractivity contribution in [2.75, 3.05) is 0 Å². The monoisotopic (exact) mass is 475 g/mol. The number of Topliss-reactive ketones (excluding diaryl/α,β-unsaturated/α-hetero) is 1. The van der Waals surface area contributed by atoms with Gasteiger partial charge in [-0.25, -0.2) is 4.68 Å². The van der Waals surface area contributed by atoms with Crippen LogP contribution in [-0.4, -0.2) is 26.9 Å². The molecule has 0 atom stereocenters. The molecule has 0 spiro atoms. The molecule has 1 heterocycles. The average Bonchev–Trinajstić information content (AvgIpc) is 3.59. The summed E-state index contributed by atoms with van der Waals surface area (Å²) in [7, 11) is 0. The Kier molecular flexibility index (Phi) is 10.7. The fourth-order valence-electron chi connectivity index (χ4n) is 4.67. The van der Waals surface area contributed by atoms with E-state index in [0.717, 1.165) is 55.3 Å². The number of nitrogens with zero attached hydrogens (tertiary/aromatic N) is 3. The molecule has 5 aliphatic carbocycles. The van der Waals surface area contributed by atoms with Crippen molar-refractivity contribution in [1.29, 1.82) is 0 Å². The number of carbonyl (C=O) groups excluding carboxylic acids is 1. The molecule has 0 amide bonds. The molecule has 0 aliphatic heterocycles. The summed E-state index contributed by atoms with van der Waals surface area (Å²) in [5, 5.41) is 8.37. The fraction of sp³-hybridized carbons (Fsp3) is 0.500. The second kappa shape index (κ2) is 13.9. The fourth-order valence-corrected chi connectivity index (χ4v) is 4.67. The van der Waals surface area contributed by atoms with Crippen LogP contribution in [0, 0.1) is 0 Å². The quantitative estimate of drug-likeness (QED) is 0.379. The third kappa shape index (κ3) is 7.60. The van der Waals surface area contributed by atoms with E-state index in [4.69, 9.17) is 4.74 Å². The first-order chi connectivity index (χ1) is 17.2. The highest BCUT2D eigenvalue weighted by molar-refractivity contribution is 5.97. The summed E-state index contributed by atoms with van der Waals surface area (Å²) in [6.45, 7) is 8.68. The van der Waals surface area contributed by atoms with Gasteiger partial charge in [-0.3, -0.25) is 4.79 Å². The van der Waals surface area contributed by atoms with Crippen LogP contribution in [0.15, 0.2) is 48.7 Å². The van der Waals surface area contributed by atoms with E-state index in [0.29, 0.717) is 12.7 Å². The van der Waals surface area contributed by atoms with Gasteiger partial charge in [-0.2, -0.15) is 0 Å². The summed E-state index contributed by atoms with van der Waals surface area (Å²) in [5.74, 6) is 0.0935. The predicted octanol–water partition coefficient (Wildman–Crippen LogP) is 6.56. The standard InChI is InChI=1S/C26H29N3O2.2C2H6/c30-26(17-29-16-23(27-28-29)18-31-24-3-1-2-4-24)25-15-21-10-9-19-5-7-20(8-6-19)11-13-22(25)14-12-21;2*1-2/h5-8,12,14-16,24H,1-4,9-11,13,17-18H2;2*1-2H3. The molecule has 35 heavy (non-hydrogen) atoms. The number of rotatable bonds is 6. The highest BCUT2D eigenvalue weighted by atomic mass is 16.5. The Hall–Kier alpha value is -2.79. The molecule has 1 saturated carbocycles. The first-order valence-electron chi connectivity index (χ1n) is 13.5. The maximum atomic E-state index is 13.2. The molecule has 4 bridgehead atoms. The van der Waals surface area contributed by atoms with E-state index in [-0.39, 0.29) is 12.3 Å². The second-order valence-corrected chi connectivity index (χ2v) is 8.86. The predicted molar refractivity (Wildman–Crippen MR) is 142 cm³/mol. The number of aryl methyl sites for hydroxylation is 4. The number of hydrogen-bond acceptors (Lipinski definition) is 4. The zero-order valence-electron chi connectivity index (χ0n) is 21.9. The van der Waals surface area contributed by atoms with E-state index >= 15 is 0 Å². The van der Waals surface area contributed by atoms with Crippen molar-refractivity contribution in [3.05, 3.63) is 82.2 Å². The molecule has 0 saturated heterocycles. The van der Waals surface area contributed by atoms with E-state index in [1.165, 1.54) is 29.5 Å². The Morgan fingerprint density at radius 2 is 1.49 bits per heavy atom. The van der Waals surface area contributed by atoms with Gasteiger partial charge in [0.1, 0.15) is 12.2 Å². The molecule has 2 aromatic carbocycles. The molecular formula is C30H41N3O2. The third-order valence-corrected chi connectivity index (χ3v) is 6.54. The lowest BCUT2D eigenvalue weighted by atomic mass is 9.92. The van der Waals surface area contributed by atoms with E-state index in [9.17, 15) is 4.79 Å². The molecule has 0 N–H and O–H groups in total.